The molecule has 1 aromatic heterocycles. The summed E-state index contributed by atoms with van der Waals surface area (Å²) in [6.07, 6.45) is 8.71. The molecule has 19 heavy (non-hydrogen) atoms. The average Bonchev–Trinajstić information content (AvgIpc) is 3.00. The summed E-state index contributed by atoms with van der Waals surface area (Å²) in [6.45, 7) is 1.64. The summed E-state index contributed by atoms with van der Waals surface area (Å²) in [5, 5.41) is 2.72. The second kappa shape index (κ2) is 4.79. The Bertz CT molecular complexity index is 485. The lowest BCUT2D eigenvalue weighted by Gasteiger charge is -2.23. The van der Waals surface area contributed by atoms with Crippen molar-refractivity contribution < 1.29 is 9.18 Å². The van der Waals surface area contributed by atoms with Crippen LogP contribution in [-0.4, -0.2) is 29.0 Å². The number of nitrogens with zero attached hydrogens (tertiary/aromatic N) is 2. The van der Waals surface area contributed by atoms with Gasteiger partial charge in [-0.15, -0.1) is 0 Å². The van der Waals surface area contributed by atoms with E-state index in [1.54, 1.807) is 0 Å². The van der Waals surface area contributed by atoms with E-state index in [4.69, 9.17) is 0 Å². The quantitative estimate of drug-likeness (QED) is 0.846. The predicted molar refractivity (Wildman–Crippen MR) is 70.3 cm³/mol. The van der Waals surface area contributed by atoms with Crippen molar-refractivity contribution in [1.82, 2.24) is 9.88 Å². The van der Waals surface area contributed by atoms with Crippen LogP contribution in [0.25, 0.3) is 0 Å². The third-order valence-electron chi connectivity index (χ3n) is 4.35. The Labute approximate surface area is 112 Å². The van der Waals surface area contributed by atoms with E-state index in [1.165, 1.54) is 37.9 Å². The molecule has 102 valence electrons. The first-order valence-corrected chi connectivity index (χ1v) is 6.83. The van der Waals surface area contributed by atoms with Crippen LogP contribution in [0.4, 0.5) is 14.9 Å². The van der Waals surface area contributed by atoms with Crippen molar-refractivity contribution in [2.24, 2.45) is 5.41 Å². The molecule has 3 rings (SSSR count). The van der Waals surface area contributed by atoms with Gasteiger partial charge in [-0.1, -0.05) is 12.8 Å². The van der Waals surface area contributed by atoms with Crippen molar-refractivity contribution in [3.8, 4) is 0 Å². The highest BCUT2D eigenvalue weighted by atomic mass is 19.1. The molecule has 1 N–H and O–H groups in total. The molecule has 2 fully saturated rings. The van der Waals surface area contributed by atoms with E-state index < -0.39 is 5.82 Å². The maximum Gasteiger partial charge on any atom is 0.321 e. The molecule has 2 aliphatic rings. The second-order valence-corrected chi connectivity index (χ2v) is 5.70. The van der Waals surface area contributed by atoms with Crippen molar-refractivity contribution >= 4 is 11.7 Å². The van der Waals surface area contributed by atoms with E-state index in [0.717, 1.165) is 25.7 Å². The summed E-state index contributed by atoms with van der Waals surface area (Å²) in [7, 11) is 0. The first-order valence-electron chi connectivity index (χ1n) is 6.83. The van der Waals surface area contributed by atoms with Crippen LogP contribution in [0.15, 0.2) is 18.5 Å². The maximum absolute atomic E-state index is 13.0. The zero-order valence-corrected chi connectivity index (χ0v) is 10.9. The predicted octanol–water partition coefficient (Wildman–Crippen LogP) is 3.02. The van der Waals surface area contributed by atoms with Crippen LogP contribution >= 0.6 is 0 Å². The molecule has 2 heterocycles. The number of nitrogens with one attached hydrogen (secondary N) is 1. The Balaban J connectivity index is 1.62. The van der Waals surface area contributed by atoms with E-state index in [2.05, 4.69) is 10.3 Å². The summed E-state index contributed by atoms with van der Waals surface area (Å²) < 4.78 is 13.0. The molecule has 1 spiro atoms. The molecule has 2 amide bonds. The molecule has 0 aromatic carbocycles. The van der Waals surface area contributed by atoms with Crippen molar-refractivity contribution in [2.75, 3.05) is 18.4 Å². The van der Waals surface area contributed by atoms with Gasteiger partial charge in [0.15, 0.2) is 0 Å². The molecule has 0 atom stereocenters. The Morgan fingerprint density at radius 2 is 2.11 bits per heavy atom. The number of hydrogen-bond acceptors (Lipinski definition) is 2. The highest BCUT2D eigenvalue weighted by Gasteiger charge is 2.41. The number of pyridine rings is 1. The number of amides is 2. The average molecular weight is 263 g/mol. The lowest BCUT2D eigenvalue weighted by molar-refractivity contribution is 0.213. The fraction of sp³-hybridized carbons (Fsp3) is 0.571. The van der Waals surface area contributed by atoms with Crippen LogP contribution in [-0.2, 0) is 0 Å². The molecule has 1 aromatic rings. The molecule has 0 unspecified atom stereocenters. The van der Waals surface area contributed by atoms with Crippen molar-refractivity contribution in [2.45, 2.75) is 32.1 Å². The fourth-order valence-corrected chi connectivity index (χ4v) is 3.32. The molecule has 4 nitrogen and oxygen atoms in total. The minimum Gasteiger partial charge on any atom is -0.324 e. The minimum absolute atomic E-state index is 0.142. The Morgan fingerprint density at radius 1 is 1.32 bits per heavy atom. The summed E-state index contributed by atoms with van der Waals surface area (Å²) in [5.74, 6) is -0.438. The van der Waals surface area contributed by atoms with Crippen LogP contribution in [0.3, 0.4) is 0 Å². The van der Waals surface area contributed by atoms with E-state index in [0.29, 0.717) is 11.1 Å². The smallest absolute Gasteiger partial charge is 0.321 e. The topological polar surface area (TPSA) is 45.2 Å². The van der Waals surface area contributed by atoms with Crippen LogP contribution in [0.1, 0.15) is 32.1 Å². The number of aromatic nitrogens is 1. The van der Waals surface area contributed by atoms with Crippen LogP contribution in [0, 0.1) is 11.2 Å². The molecule has 5 heteroatoms. The lowest BCUT2D eigenvalue weighted by atomic mass is 9.86. The number of carbonyl (C=O) groups excluding carboxylic acids is 1. The Morgan fingerprint density at radius 3 is 2.84 bits per heavy atom. The second-order valence-electron chi connectivity index (χ2n) is 5.70. The number of likely N-dealkylation sites (tertiary alicyclic amines) is 1. The van der Waals surface area contributed by atoms with Gasteiger partial charge in [-0.2, -0.15) is 0 Å². The third kappa shape index (κ3) is 2.55. The summed E-state index contributed by atoms with van der Waals surface area (Å²) in [6, 6.07) is 1.14. The van der Waals surface area contributed by atoms with Crippen LogP contribution < -0.4 is 5.32 Å². The molecule has 0 radical (unpaired) electrons. The van der Waals surface area contributed by atoms with Crippen molar-refractivity contribution in [3.05, 3.63) is 24.3 Å². The first-order chi connectivity index (χ1) is 9.17. The summed E-state index contributed by atoms with van der Waals surface area (Å²) in [4.78, 5) is 17.7. The van der Waals surface area contributed by atoms with Gasteiger partial charge in [-0.05, 0) is 24.7 Å². The molecule has 1 saturated heterocycles. The van der Waals surface area contributed by atoms with Crippen molar-refractivity contribution in [3.63, 3.8) is 0 Å². The minimum atomic E-state index is -0.438. The monoisotopic (exact) mass is 263 g/mol. The molecular formula is C14H18FN3O. The summed E-state index contributed by atoms with van der Waals surface area (Å²) in [5.41, 5.74) is 0.773. The zero-order valence-electron chi connectivity index (χ0n) is 10.9. The highest BCUT2D eigenvalue weighted by molar-refractivity contribution is 5.89. The number of anilines is 1. The number of carbonyl (C=O) groups is 1. The molecule has 0 bridgehead atoms. The van der Waals surface area contributed by atoms with Gasteiger partial charge in [0.25, 0.3) is 0 Å². The number of halogens is 1. The maximum atomic E-state index is 13.0. The van der Waals surface area contributed by atoms with E-state index in [1.807, 2.05) is 4.90 Å². The Hall–Kier alpha value is -1.65. The molecule has 1 aliphatic carbocycles. The van der Waals surface area contributed by atoms with Gasteiger partial charge in [-0.3, -0.25) is 4.98 Å². The molecule has 1 saturated carbocycles. The van der Waals surface area contributed by atoms with Gasteiger partial charge in [0.1, 0.15) is 5.82 Å². The van der Waals surface area contributed by atoms with Crippen LogP contribution in [0.2, 0.25) is 0 Å². The van der Waals surface area contributed by atoms with Crippen molar-refractivity contribution in [1.29, 1.82) is 0 Å². The molecular weight excluding hydrogens is 245 g/mol. The van der Waals surface area contributed by atoms with Gasteiger partial charge in [-0.25, -0.2) is 9.18 Å². The summed E-state index contributed by atoms with van der Waals surface area (Å²) >= 11 is 0. The van der Waals surface area contributed by atoms with Gasteiger partial charge >= 0.3 is 6.03 Å². The normalized spacial score (nSPS) is 21.0. The number of hydrogen-bond donors (Lipinski definition) is 1. The van der Waals surface area contributed by atoms with E-state index in [-0.39, 0.29) is 6.03 Å². The van der Waals surface area contributed by atoms with Crippen LogP contribution in [0.5, 0.6) is 0 Å². The van der Waals surface area contributed by atoms with E-state index in [9.17, 15) is 9.18 Å². The van der Waals surface area contributed by atoms with Gasteiger partial charge in [0.2, 0.25) is 0 Å². The lowest BCUT2D eigenvalue weighted by Crippen LogP contribution is -2.34. The third-order valence-corrected chi connectivity index (χ3v) is 4.35. The SMILES string of the molecule is O=C(Nc1cncc(F)c1)N1CCC2(CCCC2)C1. The van der Waals surface area contributed by atoms with Gasteiger partial charge in [0, 0.05) is 19.2 Å². The van der Waals surface area contributed by atoms with E-state index >= 15 is 0 Å². The largest absolute Gasteiger partial charge is 0.324 e. The highest BCUT2D eigenvalue weighted by Crippen LogP contribution is 2.45. The zero-order chi connectivity index (χ0) is 13.3. The Kier molecular flexibility index (Phi) is 3.12. The number of urea groups is 1. The molecule has 1 aliphatic heterocycles. The fourth-order valence-electron chi connectivity index (χ4n) is 3.32. The van der Waals surface area contributed by atoms with Gasteiger partial charge in [0.05, 0.1) is 18.1 Å². The standard InChI is InChI=1S/C14H18FN3O/c15-11-7-12(9-16-8-11)17-13(19)18-6-5-14(10-18)3-1-2-4-14/h7-9H,1-6,10H2,(H,17,19). The number of rotatable bonds is 1. The van der Waals surface area contributed by atoms with Gasteiger partial charge < -0.3 is 10.2 Å². The first kappa shape index (κ1) is 12.4.